The Hall–Kier alpha value is -0.440. The largest absolute Gasteiger partial charge is 0.228 e. The first-order valence-electron chi connectivity index (χ1n) is 4.15. The number of hydrogen-bond acceptors (Lipinski definition) is 3. The van der Waals surface area contributed by atoms with Gasteiger partial charge in [-0.15, -0.1) is 0 Å². The zero-order valence-corrected chi connectivity index (χ0v) is 7.90. The van der Waals surface area contributed by atoms with Crippen molar-refractivity contribution < 1.29 is 0 Å². The molecule has 11 heavy (non-hydrogen) atoms. The van der Waals surface area contributed by atoms with Crippen LogP contribution in [0.3, 0.4) is 0 Å². The van der Waals surface area contributed by atoms with Crippen molar-refractivity contribution in [1.29, 1.82) is 0 Å². The van der Waals surface area contributed by atoms with Gasteiger partial charge in [0.15, 0.2) is 0 Å². The monoisotopic (exact) mass is 170 g/mol. The molecule has 1 rings (SSSR count). The van der Waals surface area contributed by atoms with Crippen LogP contribution in [-0.4, -0.2) is 9.36 Å². The molecular weight excluding hydrogens is 156 g/mol. The van der Waals surface area contributed by atoms with E-state index >= 15 is 0 Å². The third-order valence-corrected chi connectivity index (χ3v) is 2.68. The lowest BCUT2D eigenvalue weighted by atomic mass is 10.0. The highest BCUT2D eigenvalue weighted by Gasteiger charge is 2.10. The summed E-state index contributed by atoms with van der Waals surface area (Å²) in [5, 5.41) is 1.20. The Bertz CT molecular complexity index is 184. The van der Waals surface area contributed by atoms with Crippen LogP contribution in [0.4, 0.5) is 0 Å². The van der Waals surface area contributed by atoms with Gasteiger partial charge in [-0.25, -0.2) is 4.98 Å². The fraction of sp³-hybridized carbons (Fsp3) is 0.750. The van der Waals surface area contributed by atoms with E-state index in [9.17, 15) is 0 Å². The van der Waals surface area contributed by atoms with Crippen molar-refractivity contribution in [3.63, 3.8) is 0 Å². The molecule has 0 amide bonds. The predicted octanol–water partition coefficient (Wildman–Crippen LogP) is 2.83. The Kier molecular flexibility index (Phi) is 3.49. The molecule has 62 valence electrons. The number of aromatic nitrogens is 2. The molecule has 0 aliphatic heterocycles. The van der Waals surface area contributed by atoms with E-state index in [2.05, 4.69) is 23.2 Å². The summed E-state index contributed by atoms with van der Waals surface area (Å²) in [6, 6.07) is 0. The molecule has 0 aliphatic carbocycles. The maximum atomic E-state index is 4.21. The van der Waals surface area contributed by atoms with E-state index in [-0.39, 0.29) is 0 Å². The molecule has 0 saturated heterocycles. The Morgan fingerprint density at radius 1 is 1.55 bits per heavy atom. The molecule has 2 nitrogen and oxygen atoms in total. The molecular formula is C8H14N2S. The Balaban J connectivity index is 2.56. The van der Waals surface area contributed by atoms with Crippen molar-refractivity contribution in [2.24, 2.45) is 0 Å². The summed E-state index contributed by atoms with van der Waals surface area (Å²) >= 11 is 1.53. The number of rotatable bonds is 4. The van der Waals surface area contributed by atoms with E-state index in [1.54, 1.807) is 6.33 Å². The third kappa shape index (κ3) is 2.26. The zero-order chi connectivity index (χ0) is 8.10. The minimum absolute atomic E-state index is 0.646. The average molecular weight is 170 g/mol. The summed E-state index contributed by atoms with van der Waals surface area (Å²) in [5.74, 6) is 0.646. The van der Waals surface area contributed by atoms with E-state index in [0.717, 1.165) is 0 Å². The molecule has 1 atom stereocenters. The van der Waals surface area contributed by atoms with E-state index in [0.29, 0.717) is 5.92 Å². The van der Waals surface area contributed by atoms with Crippen LogP contribution < -0.4 is 0 Å². The van der Waals surface area contributed by atoms with Crippen molar-refractivity contribution in [1.82, 2.24) is 9.36 Å². The number of hydrogen-bond donors (Lipinski definition) is 0. The van der Waals surface area contributed by atoms with E-state index in [4.69, 9.17) is 0 Å². The lowest BCUT2D eigenvalue weighted by Gasteiger charge is -2.07. The Morgan fingerprint density at radius 2 is 2.36 bits per heavy atom. The van der Waals surface area contributed by atoms with Gasteiger partial charge in [-0.2, -0.15) is 4.37 Å². The van der Waals surface area contributed by atoms with Crippen LogP contribution in [0.1, 0.15) is 44.0 Å². The van der Waals surface area contributed by atoms with Gasteiger partial charge in [0, 0.05) is 5.92 Å². The number of nitrogens with zero attached hydrogens (tertiary/aromatic N) is 2. The van der Waals surface area contributed by atoms with Crippen molar-refractivity contribution in [3.8, 4) is 0 Å². The van der Waals surface area contributed by atoms with E-state index in [1.165, 1.54) is 35.8 Å². The van der Waals surface area contributed by atoms with Gasteiger partial charge in [-0.3, -0.25) is 0 Å². The zero-order valence-electron chi connectivity index (χ0n) is 7.08. The maximum absolute atomic E-state index is 4.21. The van der Waals surface area contributed by atoms with Crippen molar-refractivity contribution >= 4 is 11.5 Å². The van der Waals surface area contributed by atoms with Gasteiger partial charge >= 0.3 is 0 Å². The quantitative estimate of drug-likeness (QED) is 0.694. The van der Waals surface area contributed by atoms with Crippen LogP contribution in [0, 0.1) is 0 Å². The summed E-state index contributed by atoms with van der Waals surface area (Å²) < 4.78 is 4.00. The Morgan fingerprint density at radius 3 is 2.82 bits per heavy atom. The lowest BCUT2D eigenvalue weighted by Crippen LogP contribution is -1.94. The highest BCUT2D eigenvalue weighted by atomic mass is 32.1. The van der Waals surface area contributed by atoms with Gasteiger partial charge in [-0.1, -0.05) is 20.3 Å². The second kappa shape index (κ2) is 4.44. The van der Waals surface area contributed by atoms with Crippen molar-refractivity contribution in [3.05, 3.63) is 11.3 Å². The molecule has 0 radical (unpaired) electrons. The molecule has 0 saturated carbocycles. The Labute approximate surface area is 71.8 Å². The molecule has 0 N–H and O–H groups in total. The average Bonchev–Trinajstić information content (AvgIpc) is 2.52. The van der Waals surface area contributed by atoms with Gasteiger partial charge in [-0.05, 0) is 24.4 Å². The van der Waals surface area contributed by atoms with E-state index in [1.807, 2.05) is 0 Å². The van der Waals surface area contributed by atoms with E-state index < -0.39 is 0 Å². The highest BCUT2D eigenvalue weighted by molar-refractivity contribution is 7.05. The van der Waals surface area contributed by atoms with Crippen LogP contribution in [0.2, 0.25) is 0 Å². The van der Waals surface area contributed by atoms with Gasteiger partial charge in [0.1, 0.15) is 11.3 Å². The summed E-state index contributed by atoms with van der Waals surface area (Å²) in [4.78, 5) is 4.21. The van der Waals surface area contributed by atoms with Crippen molar-refractivity contribution in [2.75, 3.05) is 0 Å². The van der Waals surface area contributed by atoms with Crippen LogP contribution in [0.5, 0.6) is 0 Å². The van der Waals surface area contributed by atoms with Gasteiger partial charge in [0.2, 0.25) is 0 Å². The fourth-order valence-corrected chi connectivity index (χ4v) is 1.94. The fourth-order valence-electron chi connectivity index (χ4n) is 1.21. The molecule has 0 aromatic carbocycles. The van der Waals surface area contributed by atoms with Crippen LogP contribution in [0.15, 0.2) is 6.33 Å². The standard InChI is InChI=1S/C8H14N2S/c1-3-5-7(4-2)8-9-6-10-11-8/h6-7H,3-5H2,1-2H3. The van der Waals surface area contributed by atoms with Gasteiger partial charge in [0.25, 0.3) is 0 Å². The predicted molar refractivity (Wildman–Crippen MR) is 47.8 cm³/mol. The van der Waals surface area contributed by atoms with Gasteiger partial charge < -0.3 is 0 Å². The molecule has 1 aromatic heterocycles. The molecule has 1 heterocycles. The summed E-state index contributed by atoms with van der Waals surface area (Å²) in [7, 11) is 0. The molecule has 1 unspecified atom stereocenters. The minimum atomic E-state index is 0.646. The topological polar surface area (TPSA) is 25.8 Å². The molecule has 1 aromatic rings. The SMILES string of the molecule is CCCC(CC)c1ncns1. The minimum Gasteiger partial charge on any atom is -0.228 e. The molecule has 0 bridgehead atoms. The molecule has 3 heteroatoms. The summed E-state index contributed by atoms with van der Waals surface area (Å²) in [6.45, 7) is 4.42. The molecule has 0 fully saturated rings. The molecule has 0 spiro atoms. The third-order valence-electron chi connectivity index (χ3n) is 1.86. The highest BCUT2D eigenvalue weighted by Crippen LogP contribution is 2.24. The first kappa shape index (κ1) is 8.65. The van der Waals surface area contributed by atoms with Crippen LogP contribution in [-0.2, 0) is 0 Å². The van der Waals surface area contributed by atoms with Crippen molar-refractivity contribution in [2.45, 2.75) is 39.0 Å². The second-order valence-corrected chi connectivity index (χ2v) is 3.49. The maximum Gasteiger partial charge on any atom is 0.129 e. The summed E-state index contributed by atoms with van der Waals surface area (Å²) in [6.07, 6.45) is 5.31. The first-order valence-corrected chi connectivity index (χ1v) is 4.92. The van der Waals surface area contributed by atoms with Gasteiger partial charge in [0.05, 0.1) is 0 Å². The second-order valence-electron chi connectivity index (χ2n) is 2.67. The summed E-state index contributed by atoms with van der Waals surface area (Å²) in [5.41, 5.74) is 0. The molecule has 0 aliphatic rings. The normalized spacial score (nSPS) is 13.3. The first-order chi connectivity index (χ1) is 5.38. The smallest absolute Gasteiger partial charge is 0.129 e. The van der Waals surface area contributed by atoms with Crippen LogP contribution >= 0.6 is 11.5 Å². The lowest BCUT2D eigenvalue weighted by molar-refractivity contribution is 0.592. The van der Waals surface area contributed by atoms with Crippen LogP contribution in [0.25, 0.3) is 0 Å².